The summed E-state index contributed by atoms with van der Waals surface area (Å²) in [4.78, 5) is 0. The summed E-state index contributed by atoms with van der Waals surface area (Å²) in [5, 5.41) is 9.34. The monoisotopic (exact) mass is 232 g/mol. The number of aromatic nitrogens is 2. The minimum Gasteiger partial charge on any atom is -0.316 e. The number of aromatic amines is 1. The number of hydrogen-bond donors (Lipinski definition) is 2. The molecule has 0 fully saturated rings. The van der Waals surface area contributed by atoms with Gasteiger partial charge in [-0.05, 0) is 7.05 Å². The molecule has 6 nitrogen and oxygen atoms in total. The summed E-state index contributed by atoms with van der Waals surface area (Å²) in [7, 11) is -0.125. The first-order valence-corrected chi connectivity index (χ1v) is 6.11. The van der Waals surface area contributed by atoms with E-state index in [1.54, 1.807) is 21.0 Å². The van der Waals surface area contributed by atoms with Crippen LogP contribution in [-0.2, 0) is 16.6 Å². The van der Waals surface area contributed by atoms with Crippen molar-refractivity contribution in [3.63, 3.8) is 0 Å². The summed E-state index contributed by atoms with van der Waals surface area (Å²) in [6.07, 6.45) is 1.52. The van der Waals surface area contributed by atoms with Crippen LogP contribution in [0.5, 0.6) is 0 Å². The Morgan fingerprint density at radius 1 is 1.60 bits per heavy atom. The van der Waals surface area contributed by atoms with E-state index in [1.807, 2.05) is 0 Å². The molecule has 0 radical (unpaired) electrons. The highest BCUT2D eigenvalue weighted by Crippen LogP contribution is 2.15. The quantitative estimate of drug-likeness (QED) is 0.735. The van der Waals surface area contributed by atoms with Gasteiger partial charge in [0, 0.05) is 25.7 Å². The Hall–Kier alpha value is -0.920. The standard InChI is InChI=1S/C8H16N4O2S/c1-4-12(3)15(13,14)8-7(5-9-2)6-10-11-8/h6,9H,4-5H2,1-3H3,(H,10,11). The molecule has 1 aromatic rings. The number of nitrogens with one attached hydrogen (secondary N) is 2. The molecular weight excluding hydrogens is 216 g/mol. The second-order valence-corrected chi connectivity index (χ2v) is 5.16. The van der Waals surface area contributed by atoms with E-state index in [4.69, 9.17) is 0 Å². The van der Waals surface area contributed by atoms with Crippen molar-refractivity contribution in [3.8, 4) is 0 Å². The van der Waals surface area contributed by atoms with Crippen LogP contribution in [0, 0.1) is 0 Å². The first-order valence-electron chi connectivity index (χ1n) is 4.67. The SMILES string of the molecule is CCN(C)S(=O)(=O)c1[nH]ncc1CNC. The van der Waals surface area contributed by atoms with Gasteiger partial charge in [0.25, 0.3) is 10.0 Å². The van der Waals surface area contributed by atoms with E-state index in [1.165, 1.54) is 10.5 Å². The fourth-order valence-corrected chi connectivity index (χ4v) is 2.44. The van der Waals surface area contributed by atoms with Crippen LogP contribution >= 0.6 is 0 Å². The maximum Gasteiger partial charge on any atom is 0.260 e. The molecule has 1 rings (SSSR count). The molecule has 0 unspecified atom stereocenters. The summed E-state index contributed by atoms with van der Waals surface area (Å²) < 4.78 is 25.2. The van der Waals surface area contributed by atoms with E-state index in [2.05, 4.69) is 15.5 Å². The largest absolute Gasteiger partial charge is 0.316 e. The van der Waals surface area contributed by atoms with Crippen molar-refractivity contribution >= 4 is 10.0 Å². The van der Waals surface area contributed by atoms with Gasteiger partial charge in [0.2, 0.25) is 0 Å². The van der Waals surface area contributed by atoms with E-state index in [9.17, 15) is 8.42 Å². The Morgan fingerprint density at radius 2 is 2.27 bits per heavy atom. The van der Waals surface area contributed by atoms with E-state index < -0.39 is 10.0 Å². The Kier molecular flexibility index (Phi) is 3.83. The lowest BCUT2D eigenvalue weighted by Crippen LogP contribution is -2.28. The third-order valence-corrected chi connectivity index (χ3v) is 4.11. The molecule has 0 aliphatic rings. The first-order chi connectivity index (χ1) is 7.04. The average molecular weight is 232 g/mol. The molecule has 7 heteroatoms. The first kappa shape index (κ1) is 12.2. The number of rotatable bonds is 5. The second kappa shape index (κ2) is 4.73. The molecule has 0 amide bonds. The van der Waals surface area contributed by atoms with E-state index in [-0.39, 0.29) is 5.03 Å². The van der Waals surface area contributed by atoms with Crippen LogP contribution < -0.4 is 5.32 Å². The number of hydrogen-bond acceptors (Lipinski definition) is 4. The predicted molar refractivity (Wildman–Crippen MR) is 56.8 cm³/mol. The zero-order valence-electron chi connectivity index (χ0n) is 9.11. The van der Waals surface area contributed by atoms with E-state index in [0.717, 1.165) is 0 Å². The molecule has 1 heterocycles. The van der Waals surface area contributed by atoms with Gasteiger partial charge < -0.3 is 5.32 Å². The van der Waals surface area contributed by atoms with E-state index in [0.29, 0.717) is 18.7 Å². The van der Waals surface area contributed by atoms with Gasteiger partial charge in [-0.2, -0.15) is 9.40 Å². The molecule has 2 N–H and O–H groups in total. The van der Waals surface area contributed by atoms with Crippen molar-refractivity contribution in [2.45, 2.75) is 18.5 Å². The van der Waals surface area contributed by atoms with Gasteiger partial charge in [-0.15, -0.1) is 0 Å². The van der Waals surface area contributed by atoms with Crippen LogP contribution in [0.15, 0.2) is 11.2 Å². The van der Waals surface area contributed by atoms with Gasteiger partial charge in [0.1, 0.15) is 0 Å². The molecule has 0 spiro atoms. The second-order valence-electron chi connectivity index (χ2n) is 3.17. The zero-order chi connectivity index (χ0) is 11.5. The van der Waals surface area contributed by atoms with E-state index >= 15 is 0 Å². The number of sulfonamides is 1. The van der Waals surface area contributed by atoms with Crippen molar-refractivity contribution in [1.29, 1.82) is 0 Å². The van der Waals surface area contributed by atoms with Crippen LogP contribution in [0.25, 0.3) is 0 Å². The lowest BCUT2D eigenvalue weighted by molar-refractivity contribution is 0.481. The van der Waals surface area contributed by atoms with Gasteiger partial charge in [0.15, 0.2) is 5.03 Å². The van der Waals surface area contributed by atoms with Crippen molar-refractivity contribution in [2.24, 2.45) is 0 Å². The third kappa shape index (κ3) is 2.36. The van der Waals surface area contributed by atoms with Gasteiger partial charge in [0.05, 0.1) is 6.20 Å². The Bertz CT molecular complexity index is 412. The smallest absolute Gasteiger partial charge is 0.260 e. The average Bonchev–Trinajstić information content (AvgIpc) is 2.66. The minimum atomic E-state index is -3.42. The van der Waals surface area contributed by atoms with Gasteiger partial charge in [-0.1, -0.05) is 6.92 Å². The summed E-state index contributed by atoms with van der Waals surface area (Å²) in [5.74, 6) is 0. The molecule has 0 saturated heterocycles. The van der Waals surface area contributed by atoms with Crippen molar-refractivity contribution in [3.05, 3.63) is 11.8 Å². The number of nitrogens with zero attached hydrogens (tertiary/aromatic N) is 2. The zero-order valence-corrected chi connectivity index (χ0v) is 9.93. The van der Waals surface area contributed by atoms with Crippen LogP contribution in [0.3, 0.4) is 0 Å². The van der Waals surface area contributed by atoms with Crippen LogP contribution in [0.2, 0.25) is 0 Å². The van der Waals surface area contributed by atoms with Crippen molar-refractivity contribution < 1.29 is 8.42 Å². The molecule has 1 aromatic heterocycles. The molecule has 86 valence electrons. The van der Waals surface area contributed by atoms with Gasteiger partial charge in [-0.3, -0.25) is 5.10 Å². The Labute approximate surface area is 89.7 Å². The minimum absolute atomic E-state index is 0.168. The fraction of sp³-hybridized carbons (Fsp3) is 0.625. The van der Waals surface area contributed by atoms with Gasteiger partial charge in [-0.25, -0.2) is 8.42 Å². The molecule has 15 heavy (non-hydrogen) atoms. The molecule has 0 atom stereocenters. The lowest BCUT2D eigenvalue weighted by atomic mass is 10.4. The Balaban J connectivity index is 3.10. The Morgan fingerprint density at radius 3 is 2.80 bits per heavy atom. The summed E-state index contributed by atoms with van der Waals surface area (Å²) in [5.41, 5.74) is 0.651. The lowest BCUT2D eigenvalue weighted by Gasteiger charge is -2.14. The van der Waals surface area contributed by atoms with Crippen molar-refractivity contribution in [2.75, 3.05) is 20.6 Å². The summed E-state index contributed by atoms with van der Waals surface area (Å²) >= 11 is 0. The molecule has 0 aromatic carbocycles. The highest BCUT2D eigenvalue weighted by atomic mass is 32.2. The normalized spacial score (nSPS) is 12.3. The van der Waals surface area contributed by atoms with Crippen LogP contribution in [-0.4, -0.2) is 43.6 Å². The molecule has 0 bridgehead atoms. The molecule has 0 aliphatic heterocycles. The number of H-pyrrole nitrogens is 1. The third-order valence-electron chi connectivity index (χ3n) is 2.16. The van der Waals surface area contributed by atoms with Crippen molar-refractivity contribution in [1.82, 2.24) is 19.8 Å². The summed E-state index contributed by atoms with van der Waals surface area (Å²) in [6, 6.07) is 0. The summed E-state index contributed by atoms with van der Waals surface area (Å²) in [6.45, 7) is 2.69. The molecule has 0 aliphatic carbocycles. The molecule has 0 saturated carbocycles. The fourth-order valence-electron chi connectivity index (χ4n) is 1.16. The molecular formula is C8H16N4O2S. The van der Waals surface area contributed by atoms with Crippen LogP contribution in [0.1, 0.15) is 12.5 Å². The highest BCUT2D eigenvalue weighted by molar-refractivity contribution is 7.89. The topological polar surface area (TPSA) is 78.1 Å². The van der Waals surface area contributed by atoms with Gasteiger partial charge >= 0.3 is 0 Å². The highest BCUT2D eigenvalue weighted by Gasteiger charge is 2.24. The van der Waals surface area contributed by atoms with Crippen LogP contribution in [0.4, 0.5) is 0 Å². The maximum atomic E-state index is 11.9. The maximum absolute atomic E-state index is 11.9. The predicted octanol–water partition coefficient (Wildman–Crippen LogP) is -0.230.